The number of fused-ring (bicyclic) bond motifs is 1. The Bertz CT molecular complexity index is 1170. The fourth-order valence-corrected chi connectivity index (χ4v) is 4.32. The molecule has 1 saturated heterocycles. The first-order chi connectivity index (χ1) is 17.5. The lowest BCUT2D eigenvalue weighted by molar-refractivity contribution is -0.277. The van der Waals surface area contributed by atoms with E-state index in [-0.39, 0.29) is 34.8 Å². The number of carbonyl (C=O) groups is 1. The molecule has 0 bridgehead atoms. The van der Waals surface area contributed by atoms with Crippen LogP contribution in [0, 0.1) is 0 Å². The summed E-state index contributed by atoms with van der Waals surface area (Å²) in [7, 11) is 0. The van der Waals surface area contributed by atoms with Crippen LogP contribution in [0.25, 0.3) is 0 Å². The van der Waals surface area contributed by atoms with Gasteiger partial charge < -0.3 is 50.0 Å². The van der Waals surface area contributed by atoms with Gasteiger partial charge in [0.25, 0.3) is 0 Å². The standard InChI is InChI=1S/C26H30O11/c1-11(2)3-8-14-16(35-26-23(34)21(32)19(30)17(10-27)36-26)9-15(29)18-20(31)22(33)24(37-25(14)18)12-4-6-13(28)7-5-12/h3-7,9,17,19,21-24,26-30,32-34H,8,10H2,1-2H3/t17-,19-,21+,22+,23-,24-,26-/m1/s1. The van der Waals surface area contributed by atoms with Crippen LogP contribution in [0.2, 0.25) is 0 Å². The number of ketones is 1. The number of hydrogen-bond donors (Lipinski definition) is 7. The van der Waals surface area contributed by atoms with Crippen LogP contribution in [-0.2, 0) is 11.2 Å². The number of allylic oxidation sites excluding steroid dienone is 2. The number of carbonyl (C=O) groups excluding carboxylic acids is 1. The molecule has 11 heteroatoms. The van der Waals surface area contributed by atoms with E-state index < -0.39 is 61.1 Å². The molecule has 2 aromatic rings. The molecule has 2 aliphatic heterocycles. The zero-order valence-corrected chi connectivity index (χ0v) is 20.2. The fraction of sp³-hybridized carbons (Fsp3) is 0.423. The number of aliphatic hydroxyl groups excluding tert-OH is 5. The van der Waals surface area contributed by atoms with Gasteiger partial charge in [0.1, 0.15) is 53.0 Å². The molecule has 11 nitrogen and oxygen atoms in total. The predicted octanol–water partition coefficient (Wildman–Crippen LogP) is 0.462. The monoisotopic (exact) mass is 518 g/mol. The van der Waals surface area contributed by atoms with E-state index >= 15 is 0 Å². The molecular formula is C26H30O11. The molecule has 0 spiro atoms. The third-order valence-electron chi connectivity index (χ3n) is 6.40. The minimum atomic E-state index is -1.71. The first-order valence-corrected chi connectivity index (χ1v) is 11.7. The van der Waals surface area contributed by atoms with Gasteiger partial charge in [0, 0.05) is 11.6 Å². The zero-order chi connectivity index (χ0) is 27.0. The van der Waals surface area contributed by atoms with Crippen LogP contribution >= 0.6 is 0 Å². The van der Waals surface area contributed by atoms with Crippen molar-refractivity contribution in [2.75, 3.05) is 6.61 Å². The molecule has 2 heterocycles. The second-order valence-electron chi connectivity index (χ2n) is 9.32. The minimum absolute atomic E-state index is 0.0158. The summed E-state index contributed by atoms with van der Waals surface area (Å²) in [4.78, 5) is 13.1. The Morgan fingerprint density at radius 2 is 1.70 bits per heavy atom. The van der Waals surface area contributed by atoms with E-state index in [0.717, 1.165) is 11.6 Å². The van der Waals surface area contributed by atoms with Crippen molar-refractivity contribution in [1.29, 1.82) is 0 Å². The lowest BCUT2D eigenvalue weighted by Gasteiger charge is -2.40. The van der Waals surface area contributed by atoms with Crippen molar-refractivity contribution < 1.29 is 54.8 Å². The highest BCUT2D eigenvalue weighted by atomic mass is 16.7. The summed E-state index contributed by atoms with van der Waals surface area (Å²) in [6.07, 6.45) is -8.58. The van der Waals surface area contributed by atoms with Crippen molar-refractivity contribution in [1.82, 2.24) is 0 Å². The maximum Gasteiger partial charge on any atom is 0.229 e. The quantitative estimate of drug-likeness (QED) is 0.263. The number of hydrogen-bond acceptors (Lipinski definition) is 11. The van der Waals surface area contributed by atoms with Crippen molar-refractivity contribution in [2.24, 2.45) is 0 Å². The molecule has 0 saturated carbocycles. The summed E-state index contributed by atoms with van der Waals surface area (Å²) < 4.78 is 17.3. The lowest BCUT2D eigenvalue weighted by atomic mass is 9.90. The Balaban J connectivity index is 1.79. The normalized spacial score (nSPS) is 29.3. The molecule has 7 atom stereocenters. The number of phenolic OH excluding ortho intramolecular Hbond substituents is 2. The molecule has 0 aliphatic carbocycles. The average Bonchev–Trinajstić information content (AvgIpc) is 2.86. The van der Waals surface area contributed by atoms with Crippen molar-refractivity contribution in [3.8, 4) is 23.0 Å². The maximum atomic E-state index is 13.1. The highest BCUT2D eigenvalue weighted by Crippen LogP contribution is 2.46. The molecule has 0 amide bonds. The molecule has 0 aromatic heterocycles. The summed E-state index contributed by atoms with van der Waals surface area (Å²) in [5.41, 5.74) is 1.35. The van der Waals surface area contributed by atoms with Crippen LogP contribution in [0.4, 0.5) is 0 Å². The van der Waals surface area contributed by atoms with E-state index in [1.165, 1.54) is 24.3 Å². The SMILES string of the molecule is CC(C)=CCc1c(O[C@@H]2O[C@H](CO)[C@@H](O)[C@H](O)[C@H]2O)cc(O)c2c1O[C@H](c1ccc(O)cc1)[C@@H](O)C2=O. The van der Waals surface area contributed by atoms with Crippen molar-refractivity contribution in [2.45, 2.75) is 63.2 Å². The van der Waals surface area contributed by atoms with Crippen molar-refractivity contribution in [3.05, 3.63) is 58.7 Å². The van der Waals surface area contributed by atoms with Gasteiger partial charge in [-0.25, -0.2) is 0 Å². The topological polar surface area (TPSA) is 186 Å². The van der Waals surface area contributed by atoms with Gasteiger partial charge in [0.15, 0.2) is 12.2 Å². The number of Topliss-reactive ketones (excluding diaryl/α,β-unsaturated/α-hetero) is 1. The van der Waals surface area contributed by atoms with E-state index in [0.29, 0.717) is 5.56 Å². The largest absolute Gasteiger partial charge is 0.508 e. The lowest BCUT2D eigenvalue weighted by Crippen LogP contribution is -2.60. The van der Waals surface area contributed by atoms with Gasteiger partial charge in [-0.05, 0) is 38.0 Å². The predicted molar refractivity (Wildman–Crippen MR) is 127 cm³/mol. The summed E-state index contributed by atoms with van der Waals surface area (Å²) in [5.74, 6) is -1.45. The van der Waals surface area contributed by atoms with Crippen LogP contribution in [0.3, 0.4) is 0 Å². The van der Waals surface area contributed by atoms with Crippen LogP contribution < -0.4 is 9.47 Å². The van der Waals surface area contributed by atoms with Gasteiger partial charge in [-0.15, -0.1) is 0 Å². The summed E-state index contributed by atoms with van der Waals surface area (Å²) >= 11 is 0. The van der Waals surface area contributed by atoms with Gasteiger partial charge in [0.2, 0.25) is 12.1 Å². The summed E-state index contributed by atoms with van der Waals surface area (Å²) in [5, 5.41) is 71.2. The highest BCUT2D eigenvalue weighted by molar-refractivity contribution is 6.06. The third-order valence-corrected chi connectivity index (χ3v) is 6.40. The molecule has 7 N–H and O–H groups in total. The molecule has 0 radical (unpaired) electrons. The number of benzene rings is 2. The van der Waals surface area contributed by atoms with Crippen LogP contribution in [-0.4, -0.2) is 84.9 Å². The molecular weight excluding hydrogens is 488 g/mol. The molecule has 4 rings (SSSR count). The maximum absolute atomic E-state index is 13.1. The minimum Gasteiger partial charge on any atom is -0.508 e. The molecule has 0 unspecified atom stereocenters. The smallest absolute Gasteiger partial charge is 0.229 e. The van der Waals surface area contributed by atoms with E-state index in [4.69, 9.17) is 14.2 Å². The first-order valence-electron chi connectivity index (χ1n) is 11.7. The second-order valence-corrected chi connectivity index (χ2v) is 9.32. The van der Waals surface area contributed by atoms with Crippen LogP contribution in [0.5, 0.6) is 23.0 Å². The van der Waals surface area contributed by atoms with Gasteiger partial charge in [-0.3, -0.25) is 4.79 Å². The van der Waals surface area contributed by atoms with Gasteiger partial charge >= 0.3 is 0 Å². The van der Waals surface area contributed by atoms with Gasteiger partial charge in [-0.2, -0.15) is 0 Å². The van der Waals surface area contributed by atoms with Crippen LogP contribution in [0.1, 0.15) is 41.4 Å². The molecule has 2 aliphatic rings. The molecule has 2 aromatic carbocycles. The van der Waals surface area contributed by atoms with E-state index in [1.807, 2.05) is 13.8 Å². The second kappa shape index (κ2) is 10.7. The molecule has 37 heavy (non-hydrogen) atoms. The van der Waals surface area contributed by atoms with Crippen molar-refractivity contribution >= 4 is 5.78 Å². The van der Waals surface area contributed by atoms with Crippen molar-refractivity contribution in [3.63, 3.8) is 0 Å². The number of rotatable bonds is 6. The first kappa shape index (κ1) is 26.9. The Kier molecular flexibility index (Phi) is 7.74. The number of aromatic hydroxyl groups is 2. The van der Waals surface area contributed by atoms with E-state index in [9.17, 15) is 40.5 Å². The van der Waals surface area contributed by atoms with E-state index in [1.54, 1.807) is 6.08 Å². The number of phenols is 2. The Labute approximate surface area is 212 Å². The molecule has 1 fully saturated rings. The average molecular weight is 519 g/mol. The Hall–Kier alpha value is -3.19. The van der Waals surface area contributed by atoms with Crippen LogP contribution in [0.15, 0.2) is 42.0 Å². The number of ether oxygens (including phenoxy) is 3. The van der Waals surface area contributed by atoms with Gasteiger partial charge in [-0.1, -0.05) is 23.8 Å². The fourth-order valence-electron chi connectivity index (χ4n) is 4.32. The molecule has 200 valence electrons. The summed E-state index contributed by atoms with van der Waals surface area (Å²) in [6, 6.07) is 6.86. The Morgan fingerprint density at radius 1 is 1.03 bits per heavy atom. The van der Waals surface area contributed by atoms with E-state index in [2.05, 4.69) is 0 Å². The highest BCUT2D eigenvalue weighted by Gasteiger charge is 2.46. The van der Waals surface area contributed by atoms with Gasteiger partial charge in [0.05, 0.1) is 6.61 Å². The Morgan fingerprint density at radius 3 is 2.32 bits per heavy atom. The summed E-state index contributed by atoms with van der Waals surface area (Å²) in [6.45, 7) is 3.04. The zero-order valence-electron chi connectivity index (χ0n) is 20.2. The third kappa shape index (κ3) is 5.14. The number of aliphatic hydroxyl groups is 5.